The van der Waals surface area contributed by atoms with Gasteiger partial charge in [-0.2, -0.15) is 0 Å². The molecule has 0 heterocycles. The highest BCUT2D eigenvalue weighted by Gasteiger charge is 2.54. The van der Waals surface area contributed by atoms with Crippen LogP contribution in [0.5, 0.6) is 0 Å². The largest absolute Gasteiger partial charge is 0.335 e. The Morgan fingerprint density at radius 2 is 1.82 bits per heavy atom. The average molecular weight is 321 g/mol. The van der Waals surface area contributed by atoms with Gasteiger partial charge < -0.3 is 10.6 Å². The lowest BCUT2D eigenvalue weighted by molar-refractivity contribution is -0.133. The molecule has 0 radical (unpaired) electrons. The Hall–Kier alpha value is -1.55. The fourth-order valence-corrected chi connectivity index (χ4v) is 3.84. The SMILES string of the molecule is CC(=O)C1CC2(CC(NC(=O)NCc3ccc(Cl)cc3)C2)C1. The predicted molar refractivity (Wildman–Crippen MR) is 85.7 cm³/mol. The first kappa shape index (κ1) is 15.3. The van der Waals surface area contributed by atoms with Gasteiger partial charge in [0.1, 0.15) is 5.78 Å². The number of carbonyl (C=O) groups is 2. The maximum absolute atomic E-state index is 11.9. The molecule has 3 rings (SSSR count). The zero-order valence-corrected chi connectivity index (χ0v) is 13.5. The van der Waals surface area contributed by atoms with Crippen molar-refractivity contribution in [2.75, 3.05) is 0 Å². The number of carbonyl (C=O) groups excluding carboxylic acids is 2. The van der Waals surface area contributed by atoms with E-state index in [1.807, 2.05) is 24.3 Å². The highest BCUT2D eigenvalue weighted by Crippen LogP contribution is 2.58. The van der Waals surface area contributed by atoms with Crippen LogP contribution in [0, 0.1) is 11.3 Å². The monoisotopic (exact) mass is 320 g/mol. The van der Waals surface area contributed by atoms with Crippen molar-refractivity contribution >= 4 is 23.4 Å². The van der Waals surface area contributed by atoms with Gasteiger partial charge in [-0.1, -0.05) is 23.7 Å². The number of benzene rings is 1. The Bertz CT molecular complexity index is 571. The molecule has 2 saturated carbocycles. The van der Waals surface area contributed by atoms with Crippen LogP contribution in [0.1, 0.15) is 38.2 Å². The molecular weight excluding hydrogens is 300 g/mol. The van der Waals surface area contributed by atoms with Gasteiger partial charge in [-0.25, -0.2) is 4.79 Å². The smallest absolute Gasteiger partial charge is 0.315 e. The number of urea groups is 1. The average Bonchev–Trinajstić information content (AvgIpc) is 2.38. The van der Waals surface area contributed by atoms with Gasteiger partial charge in [-0.3, -0.25) is 4.79 Å². The molecule has 0 aliphatic heterocycles. The van der Waals surface area contributed by atoms with Crippen LogP contribution in [0.2, 0.25) is 5.02 Å². The minimum atomic E-state index is -0.128. The second-order valence-corrected chi connectivity index (χ2v) is 7.21. The van der Waals surface area contributed by atoms with Crippen molar-refractivity contribution in [1.29, 1.82) is 0 Å². The standard InChI is InChI=1S/C17H21ClN2O2/c1-11(21)13-6-17(7-13)8-15(9-17)20-16(22)19-10-12-2-4-14(18)5-3-12/h2-5,13,15H,6-10H2,1H3,(H2,19,20,22). The number of amides is 2. The predicted octanol–water partition coefficient (Wildman–Crippen LogP) is 3.29. The Labute approximate surface area is 135 Å². The van der Waals surface area contributed by atoms with Crippen molar-refractivity contribution in [3.8, 4) is 0 Å². The minimum absolute atomic E-state index is 0.128. The molecule has 0 bridgehead atoms. The van der Waals surface area contributed by atoms with Crippen molar-refractivity contribution in [2.45, 2.75) is 45.2 Å². The number of ketones is 1. The van der Waals surface area contributed by atoms with Crippen molar-refractivity contribution < 1.29 is 9.59 Å². The molecule has 5 heteroatoms. The fraction of sp³-hybridized carbons (Fsp3) is 0.529. The molecule has 2 N–H and O–H groups in total. The Morgan fingerprint density at radius 1 is 1.18 bits per heavy atom. The van der Waals surface area contributed by atoms with Crippen LogP contribution >= 0.6 is 11.6 Å². The molecule has 0 aromatic heterocycles. The van der Waals surface area contributed by atoms with Gasteiger partial charge in [0.2, 0.25) is 0 Å². The number of nitrogens with one attached hydrogen (secondary N) is 2. The second-order valence-electron chi connectivity index (χ2n) is 6.77. The van der Waals surface area contributed by atoms with Crippen LogP contribution in [0.4, 0.5) is 4.79 Å². The maximum atomic E-state index is 11.9. The lowest BCUT2D eigenvalue weighted by Gasteiger charge is -2.57. The van der Waals surface area contributed by atoms with E-state index in [-0.39, 0.29) is 18.0 Å². The number of hydrogen-bond acceptors (Lipinski definition) is 2. The van der Waals surface area contributed by atoms with E-state index in [1.165, 1.54) is 0 Å². The van der Waals surface area contributed by atoms with E-state index in [2.05, 4.69) is 10.6 Å². The summed E-state index contributed by atoms with van der Waals surface area (Å²) < 4.78 is 0. The van der Waals surface area contributed by atoms with Gasteiger partial charge in [0, 0.05) is 23.5 Å². The fourth-order valence-electron chi connectivity index (χ4n) is 3.72. The molecule has 2 fully saturated rings. The van der Waals surface area contributed by atoms with E-state index in [1.54, 1.807) is 6.92 Å². The van der Waals surface area contributed by atoms with Crippen molar-refractivity contribution in [2.24, 2.45) is 11.3 Å². The molecule has 2 aliphatic carbocycles. The first-order chi connectivity index (χ1) is 10.5. The molecule has 0 saturated heterocycles. The summed E-state index contributed by atoms with van der Waals surface area (Å²) in [5.41, 5.74) is 1.36. The van der Waals surface area contributed by atoms with E-state index in [0.717, 1.165) is 31.2 Å². The normalized spacial score (nSPS) is 29.4. The lowest BCUT2D eigenvalue weighted by atomic mass is 9.49. The van der Waals surface area contributed by atoms with Gasteiger partial charge in [-0.05, 0) is 55.7 Å². The summed E-state index contributed by atoms with van der Waals surface area (Å²) in [4.78, 5) is 23.1. The summed E-state index contributed by atoms with van der Waals surface area (Å²) in [5, 5.41) is 6.56. The van der Waals surface area contributed by atoms with Crippen LogP contribution in [-0.4, -0.2) is 17.9 Å². The molecule has 0 unspecified atom stereocenters. The van der Waals surface area contributed by atoms with Crippen molar-refractivity contribution in [1.82, 2.24) is 10.6 Å². The maximum Gasteiger partial charge on any atom is 0.315 e. The Morgan fingerprint density at radius 3 is 2.41 bits per heavy atom. The molecule has 1 aromatic rings. The van der Waals surface area contributed by atoms with Gasteiger partial charge in [0.15, 0.2) is 0 Å². The Balaban J connectivity index is 1.36. The van der Waals surface area contributed by atoms with Crippen LogP contribution < -0.4 is 10.6 Å². The third kappa shape index (κ3) is 3.27. The van der Waals surface area contributed by atoms with Crippen molar-refractivity contribution in [3.63, 3.8) is 0 Å². The molecule has 1 aromatic carbocycles. The van der Waals surface area contributed by atoms with Gasteiger partial charge >= 0.3 is 6.03 Å². The Kier molecular flexibility index (Phi) is 4.13. The van der Waals surface area contributed by atoms with E-state index in [0.29, 0.717) is 22.8 Å². The van der Waals surface area contributed by atoms with Gasteiger partial charge in [0.25, 0.3) is 0 Å². The number of hydrogen-bond donors (Lipinski definition) is 2. The molecule has 4 nitrogen and oxygen atoms in total. The number of halogens is 1. The van der Waals surface area contributed by atoms with Crippen LogP contribution in [0.15, 0.2) is 24.3 Å². The lowest BCUT2D eigenvalue weighted by Crippen LogP contribution is -2.58. The molecule has 0 atom stereocenters. The summed E-state index contributed by atoms with van der Waals surface area (Å²) in [6, 6.07) is 7.55. The molecule has 2 aliphatic rings. The summed E-state index contributed by atoms with van der Waals surface area (Å²) >= 11 is 5.82. The quantitative estimate of drug-likeness (QED) is 0.894. The molecule has 22 heavy (non-hydrogen) atoms. The van der Waals surface area contributed by atoms with Crippen molar-refractivity contribution in [3.05, 3.63) is 34.9 Å². The highest BCUT2D eigenvalue weighted by molar-refractivity contribution is 6.30. The topological polar surface area (TPSA) is 58.2 Å². The summed E-state index contributed by atoms with van der Waals surface area (Å²) in [6.45, 7) is 2.17. The van der Waals surface area contributed by atoms with Crippen LogP contribution in [0.25, 0.3) is 0 Å². The zero-order valence-electron chi connectivity index (χ0n) is 12.7. The molecule has 2 amide bonds. The van der Waals surface area contributed by atoms with E-state index in [9.17, 15) is 9.59 Å². The molecule has 1 spiro atoms. The highest BCUT2D eigenvalue weighted by atomic mass is 35.5. The summed E-state index contributed by atoms with van der Waals surface area (Å²) in [7, 11) is 0. The van der Waals surface area contributed by atoms with E-state index < -0.39 is 0 Å². The first-order valence-electron chi connectivity index (χ1n) is 7.75. The molecule has 118 valence electrons. The third-order valence-corrected chi connectivity index (χ3v) is 5.25. The van der Waals surface area contributed by atoms with E-state index >= 15 is 0 Å². The zero-order chi connectivity index (χ0) is 15.7. The minimum Gasteiger partial charge on any atom is -0.335 e. The number of rotatable bonds is 4. The second kappa shape index (κ2) is 5.92. The summed E-state index contributed by atoms with van der Waals surface area (Å²) in [5.74, 6) is 0.572. The summed E-state index contributed by atoms with van der Waals surface area (Å²) in [6.07, 6.45) is 4.02. The van der Waals surface area contributed by atoms with Crippen LogP contribution in [-0.2, 0) is 11.3 Å². The van der Waals surface area contributed by atoms with E-state index in [4.69, 9.17) is 11.6 Å². The third-order valence-electron chi connectivity index (χ3n) is 4.99. The van der Waals surface area contributed by atoms with Gasteiger partial charge in [-0.15, -0.1) is 0 Å². The van der Waals surface area contributed by atoms with Crippen LogP contribution in [0.3, 0.4) is 0 Å². The number of Topliss-reactive ketones (excluding diaryl/α,β-unsaturated/α-hetero) is 1. The van der Waals surface area contributed by atoms with Gasteiger partial charge in [0.05, 0.1) is 0 Å². The molecular formula is C17H21ClN2O2. The first-order valence-corrected chi connectivity index (χ1v) is 8.13.